The summed E-state index contributed by atoms with van der Waals surface area (Å²) >= 11 is 1.55. The molecule has 0 fully saturated rings. The number of carboxylic acids is 1. The van der Waals surface area contributed by atoms with Crippen LogP contribution >= 0.6 is 11.8 Å². The fraction of sp³-hybridized carbons (Fsp3) is 0.826. The van der Waals surface area contributed by atoms with Gasteiger partial charge in [0.25, 0.3) is 0 Å². The number of hydrogen-bond acceptors (Lipinski definition) is 6. The van der Waals surface area contributed by atoms with E-state index in [4.69, 9.17) is 9.84 Å². The second kappa shape index (κ2) is 17.7. The highest BCUT2D eigenvalue weighted by atomic mass is 32.2. The van der Waals surface area contributed by atoms with Crippen LogP contribution in [0.15, 0.2) is 0 Å². The molecule has 186 valence electrons. The fourth-order valence-corrected chi connectivity index (χ4v) is 4.02. The third kappa shape index (κ3) is 14.3. The molecular weight excluding hydrogens is 432 g/mol. The minimum absolute atomic E-state index is 0.0185. The second-order valence-electron chi connectivity index (χ2n) is 8.42. The number of unbranched alkanes of at least 4 members (excludes halogenated alkanes) is 1. The molecule has 0 radical (unpaired) electrons. The molecular formula is C23H42N2O6S. The van der Waals surface area contributed by atoms with Gasteiger partial charge in [-0.3, -0.25) is 19.2 Å². The van der Waals surface area contributed by atoms with Crippen LogP contribution in [0.2, 0.25) is 0 Å². The lowest BCUT2D eigenvalue weighted by molar-refractivity contribution is -0.144. The molecule has 0 aromatic rings. The van der Waals surface area contributed by atoms with Crippen molar-refractivity contribution in [3.63, 3.8) is 0 Å². The normalized spacial score (nSPS) is 13.8. The molecule has 0 aliphatic rings. The van der Waals surface area contributed by atoms with Gasteiger partial charge in [0.1, 0.15) is 0 Å². The lowest BCUT2D eigenvalue weighted by Gasteiger charge is -2.19. The Morgan fingerprint density at radius 3 is 2.28 bits per heavy atom. The van der Waals surface area contributed by atoms with E-state index in [0.29, 0.717) is 43.9 Å². The second-order valence-corrected chi connectivity index (χ2v) is 9.57. The van der Waals surface area contributed by atoms with E-state index in [-0.39, 0.29) is 42.1 Å². The van der Waals surface area contributed by atoms with Gasteiger partial charge in [-0.15, -0.1) is 0 Å². The maximum absolute atomic E-state index is 12.5. The van der Waals surface area contributed by atoms with Crippen molar-refractivity contribution < 1.29 is 29.0 Å². The van der Waals surface area contributed by atoms with E-state index in [0.717, 1.165) is 12.8 Å². The molecule has 3 atom stereocenters. The first-order valence-electron chi connectivity index (χ1n) is 11.7. The number of nitrogens with one attached hydrogen (secondary N) is 2. The summed E-state index contributed by atoms with van der Waals surface area (Å²) in [7, 11) is 0. The lowest BCUT2D eigenvalue weighted by Crippen LogP contribution is -2.37. The van der Waals surface area contributed by atoms with Gasteiger partial charge in [-0.2, -0.15) is 11.8 Å². The van der Waals surface area contributed by atoms with Gasteiger partial charge in [0.05, 0.1) is 12.5 Å². The molecule has 0 saturated heterocycles. The number of aliphatic carboxylic acids is 1. The summed E-state index contributed by atoms with van der Waals surface area (Å²) in [4.78, 5) is 47.7. The van der Waals surface area contributed by atoms with Crippen molar-refractivity contribution >= 4 is 35.5 Å². The molecule has 0 heterocycles. The average Bonchev–Trinajstić information content (AvgIpc) is 2.72. The Bertz CT molecular complexity index is 585. The van der Waals surface area contributed by atoms with Crippen LogP contribution in [-0.2, 0) is 23.9 Å². The molecule has 0 aliphatic carbocycles. The molecule has 3 unspecified atom stereocenters. The van der Waals surface area contributed by atoms with Crippen LogP contribution in [0, 0.1) is 17.8 Å². The van der Waals surface area contributed by atoms with E-state index in [9.17, 15) is 19.2 Å². The standard InChI is InChI=1S/C23H42N2O6S/c1-6-8-12-31-20(26)10-9-19(22(28)25-16(3)4)15-32-13-11-24-21(27)17(5)14-18(7-2)23(29)30/h16-19H,6-15H2,1-5H3,(H,24,27)(H,25,28)(H,29,30). The fourth-order valence-electron chi connectivity index (χ4n) is 3.01. The minimum Gasteiger partial charge on any atom is -0.481 e. The first kappa shape index (κ1) is 30.2. The number of carbonyl (C=O) groups excluding carboxylic acids is 3. The summed E-state index contributed by atoms with van der Waals surface area (Å²) in [5.74, 6) is -1.41. The van der Waals surface area contributed by atoms with E-state index < -0.39 is 11.9 Å². The number of carbonyl (C=O) groups is 4. The zero-order valence-corrected chi connectivity index (χ0v) is 21.1. The Morgan fingerprint density at radius 2 is 1.72 bits per heavy atom. The van der Waals surface area contributed by atoms with Crippen molar-refractivity contribution in [1.29, 1.82) is 0 Å². The first-order chi connectivity index (χ1) is 15.1. The van der Waals surface area contributed by atoms with Crippen LogP contribution in [-0.4, -0.2) is 59.6 Å². The van der Waals surface area contributed by atoms with Gasteiger partial charge in [0, 0.05) is 42.3 Å². The van der Waals surface area contributed by atoms with Gasteiger partial charge in [0.15, 0.2) is 0 Å². The Balaban J connectivity index is 4.41. The summed E-state index contributed by atoms with van der Waals surface area (Å²) in [6.07, 6.45) is 3.23. The summed E-state index contributed by atoms with van der Waals surface area (Å²) in [5.41, 5.74) is 0. The minimum atomic E-state index is -0.873. The van der Waals surface area contributed by atoms with Gasteiger partial charge in [-0.1, -0.05) is 27.2 Å². The highest BCUT2D eigenvalue weighted by Gasteiger charge is 2.23. The van der Waals surface area contributed by atoms with Crippen LogP contribution in [0.1, 0.15) is 73.1 Å². The number of esters is 1. The Labute approximate surface area is 197 Å². The van der Waals surface area contributed by atoms with E-state index in [1.165, 1.54) is 0 Å². The van der Waals surface area contributed by atoms with Crippen LogP contribution in [0.4, 0.5) is 0 Å². The molecule has 8 nitrogen and oxygen atoms in total. The Kier molecular flexibility index (Phi) is 16.8. The van der Waals surface area contributed by atoms with E-state index in [1.54, 1.807) is 25.6 Å². The van der Waals surface area contributed by atoms with E-state index in [2.05, 4.69) is 10.6 Å². The van der Waals surface area contributed by atoms with Crippen LogP contribution in [0.25, 0.3) is 0 Å². The van der Waals surface area contributed by atoms with Gasteiger partial charge < -0.3 is 20.5 Å². The van der Waals surface area contributed by atoms with Crippen molar-refractivity contribution in [1.82, 2.24) is 10.6 Å². The number of amides is 2. The summed E-state index contributed by atoms with van der Waals surface area (Å²) < 4.78 is 5.17. The topological polar surface area (TPSA) is 122 Å². The monoisotopic (exact) mass is 474 g/mol. The predicted molar refractivity (Wildman–Crippen MR) is 127 cm³/mol. The molecule has 2 amide bonds. The van der Waals surface area contributed by atoms with Gasteiger partial charge in [-0.25, -0.2) is 0 Å². The maximum atomic E-state index is 12.5. The molecule has 32 heavy (non-hydrogen) atoms. The molecule has 0 spiro atoms. The smallest absolute Gasteiger partial charge is 0.306 e. The van der Waals surface area contributed by atoms with Crippen molar-refractivity contribution in [2.45, 2.75) is 79.2 Å². The van der Waals surface area contributed by atoms with Gasteiger partial charge >= 0.3 is 11.9 Å². The quantitative estimate of drug-likeness (QED) is 0.206. The molecule has 0 saturated carbocycles. The third-order valence-electron chi connectivity index (χ3n) is 5.05. The zero-order valence-electron chi connectivity index (χ0n) is 20.3. The number of thioether (sulfide) groups is 1. The summed E-state index contributed by atoms with van der Waals surface area (Å²) in [5, 5.41) is 14.9. The van der Waals surface area contributed by atoms with Crippen molar-refractivity contribution in [2.24, 2.45) is 17.8 Å². The number of carboxylic acid groups (broad SMARTS) is 1. The van der Waals surface area contributed by atoms with Crippen LogP contribution < -0.4 is 10.6 Å². The van der Waals surface area contributed by atoms with E-state index in [1.807, 2.05) is 20.8 Å². The highest BCUT2D eigenvalue weighted by molar-refractivity contribution is 7.99. The summed E-state index contributed by atoms with van der Waals surface area (Å²) in [6.45, 7) is 10.2. The largest absolute Gasteiger partial charge is 0.481 e. The molecule has 9 heteroatoms. The Morgan fingerprint density at radius 1 is 1.03 bits per heavy atom. The molecule has 3 N–H and O–H groups in total. The molecule has 0 aliphatic heterocycles. The van der Waals surface area contributed by atoms with Crippen molar-refractivity contribution in [3.8, 4) is 0 Å². The highest BCUT2D eigenvalue weighted by Crippen LogP contribution is 2.17. The lowest BCUT2D eigenvalue weighted by atomic mass is 9.93. The summed E-state index contributed by atoms with van der Waals surface area (Å²) in [6, 6.07) is 0.0185. The average molecular weight is 475 g/mol. The third-order valence-corrected chi connectivity index (χ3v) is 6.18. The zero-order chi connectivity index (χ0) is 24.5. The maximum Gasteiger partial charge on any atom is 0.306 e. The number of hydrogen-bond donors (Lipinski definition) is 3. The van der Waals surface area contributed by atoms with Crippen LogP contribution in [0.5, 0.6) is 0 Å². The first-order valence-corrected chi connectivity index (χ1v) is 12.8. The van der Waals surface area contributed by atoms with Gasteiger partial charge in [0.2, 0.25) is 11.8 Å². The molecule has 0 bridgehead atoms. The van der Waals surface area contributed by atoms with Crippen molar-refractivity contribution in [3.05, 3.63) is 0 Å². The van der Waals surface area contributed by atoms with Gasteiger partial charge in [-0.05, 0) is 39.5 Å². The van der Waals surface area contributed by atoms with Crippen LogP contribution in [0.3, 0.4) is 0 Å². The molecule has 0 rings (SSSR count). The molecule has 0 aromatic heterocycles. The number of rotatable bonds is 18. The Hall–Kier alpha value is -1.77. The predicted octanol–water partition coefficient (Wildman–Crippen LogP) is 3.24. The van der Waals surface area contributed by atoms with E-state index >= 15 is 0 Å². The number of ether oxygens (including phenoxy) is 1. The molecule has 0 aromatic carbocycles. The SMILES string of the molecule is CCCCOC(=O)CCC(CSCCNC(=O)C(C)CC(CC)C(=O)O)C(=O)NC(C)C. The van der Waals surface area contributed by atoms with Crippen molar-refractivity contribution in [2.75, 3.05) is 24.7 Å².